The number of nitrogens with one attached hydrogen (secondary N) is 1. The van der Waals surface area contributed by atoms with E-state index in [1.54, 1.807) is 24.3 Å². The van der Waals surface area contributed by atoms with Gasteiger partial charge in [0.25, 0.3) is 0 Å². The van der Waals surface area contributed by atoms with Gasteiger partial charge in [0.05, 0.1) is 0 Å². The molecule has 0 amide bonds. The van der Waals surface area contributed by atoms with Crippen LogP contribution in [-0.2, 0) is 13.2 Å². The van der Waals surface area contributed by atoms with Gasteiger partial charge in [-0.2, -0.15) is 0 Å². The lowest BCUT2D eigenvalue weighted by molar-refractivity contribution is 0.298. The molecule has 0 unspecified atom stereocenters. The highest BCUT2D eigenvalue weighted by molar-refractivity contribution is 5.27. The molecule has 0 radical (unpaired) electrons. The lowest BCUT2D eigenvalue weighted by Crippen LogP contribution is -2.14. The molecule has 0 spiro atoms. The second-order valence-corrected chi connectivity index (χ2v) is 4.85. The summed E-state index contributed by atoms with van der Waals surface area (Å²) in [5.74, 6) is -0.292. The van der Waals surface area contributed by atoms with Crippen LogP contribution >= 0.6 is 0 Å². The van der Waals surface area contributed by atoms with Gasteiger partial charge in [0, 0.05) is 18.2 Å². The molecular weight excluding hydrogens is 272 g/mol. The van der Waals surface area contributed by atoms with Crippen molar-refractivity contribution < 1.29 is 13.5 Å². The normalized spacial score (nSPS) is 10.6. The van der Waals surface area contributed by atoms with Crippen molar-refractivity contribution in [3.05, 3.63) is 65.2 Å². The van der Waals surface area contributed by atoms with Crippen LogP contribution in [0, 0.1) is 11.6 Å². The van der Waals surface area contributed by atoms with Crippen molar-refractivity contribution in [2.75, 3.05) is 6.54 Å². The summed E-state index contributed by atoms with van der Waals surface area (Å²) in [4.78, 5) is 0. The minimum Gasteiger partial charge on any atom is -0.489 e. The van der Waals surface area contributed by atoms with Crippen LogP contribution in [-0.4, -0.2) is 6.54 Å². The monoisotopic (exact) mass is 291 g/mol. The highest BCUT2D eigenvalue weighted by atomic mass is 19.1. The molecule has 0 saturated carbocycles. The molecule has 0 aliphatic rings. The van der Waals surface area contributed by atoms with Crippen molar-refractivity contribution in [2.24, 2.45) is 0 Å². The predicted molar refractivity (Wildman–Crippen MR) is 79.1 cm³/mol. The van der Waals surface area contributed by atoms with E-state index >= 15 is 0 Å². The minimum absolute atomic E-state index is 0.0803. The summed E-state index contributed by atoms with van der Waals surface area (Å²) in [5.41, 5.74) is 1.47. The summed E-state index contributed by atoms with van der Waals surface area (Å²) in [5, 5.41) is 3.27. The fourth-order valence-electron chi connectivity index (χ4n) is 1.98. The van der Waals surface area contributed by atoms with Gasteiger partial charge in [-0.3, -0.25) is 0 Å². The number of rotatable bonds is 7. The smallest absolute Gasteiger partial charge is 0.129 e. The Morgan fingerprint density at radius 3 is 2.71 bits per heavy atom. The van der Waals surface area contributed by atoms with Gasteiger partial charge in [-0.1, -0.05) is 19.1 Å². The van der Waals surface area contributed by atoms with Crippen LogP contribution in [0.3, 0.4) is 0 Å². The van der Waals surface area contributed by atoms with Gasteiger partial charge in [-0.25, -0.2) is 8.78 Å². The van der Waals surface area contributed by atoms with Crippen molar-refractivity contribution in [3.8, 4) is 5.75 Å². The van der Waals surface area contributed by atoms with Crippen LogP contribution in [0.2, 0.25) is 0 Å². The molecular formula is C17H19F2NO. The van der Waals surface area contributed by atoms with Gasteiger partial charge < -0.3 is 10.1 Å². The van der Waals surface area contributed by atoms with Crippen molar-refractivity contribution in [3.63, 3.8) is 0 Å². The molecule has 2 rings (SSSR count). The summed E-state index contributed by atoms with van der Waals surface area (Å²) in [6.07, 6.45) is 1.05. The third kappa shape index (κ3) is 4.83. The van der Waals surface area contributed by atoms with E-state index in [0.717, 1.165) is 18.5 Å². The Hall–Kier alpha value is -1.94. The highest BCUT2D eigenvalue weighted by Crippen LogP contribution is 2.17. The minimum atomic E-state index is -0.370. The second kappa shape index (κ2) is 7.74. The molecule has 0 fully saturated rings. The number of hydrogen-bond donors (Lipinski definition) is 1. The Balaban J connectivity index is 2.00. The molecule has 0 saturated heterocycles. The number of hydrogen-bond acceptors (Lipinski definition) is 2. The molecule has 0 aliphatic heterocycles. The van der Waals surface area contributed by atoms with E-state index in [2.05, 4.69) is 12.2 Å². The molecule has 112 valence electrons. The van der Waals surface area contributed by atoms with E-state index in [1.807, 2.05) is 0 Å². The van der Waals surface area contributed by atoms with Gasteiger partial charge in [-0.15, -0.1) is 0 Å². The topological polar surface area (TPSA) is 21.3 Å². The third-order valence-corrected chi connectivity index (χ3v) is 3.06. The van der Waals surface area contributed by atoms with E-state index in [0.29, 0.717) is 17.9 Å². The molecule has 0 atom stereocenters. The Bertz CT molecular complexity index is 587. The quantitative estimate of drug-likeness (QED) is 0.777. The SMILES string of the molecule is CCCNCc1ccc(F)c(COc2cccc(F)c2)c1. The van der Waals surface area contributed by atoms with Crippen LogP contribution in [0.25, 0.3) is 0 Å². The second-order valence-electron chi connectivity index (χ2n) is 4.85. The first-order valence-electron chi connectivity index (χ1n) is 7.05. The average molecular weight is 291 g/mol. The summed E-state index contributed by atoms with van der Waals surface area (Å²) in [7, 11) is 0. The molecule has 0 aliphatic carbocycles. The van der Waals surface area contributed by atoms with E-state index in [4.69, 9.17) is 4.74 Å². The maximum atomic E-state index is 13.8. The molecule has 1 N–H and O–H groups in total. The van der Waals surface area contributed by atoms with Crippen LogP contribution < -0.4 is 10.1 Å². The van der Waals surface area contributed by atoms with E-state index in [9.17, 15) is 8.78 Å². The van der Waals surface area contributed by atoms with Crippen LogP contribution in [0.5, 0.6) is 5.75 Å². The highest BCUT2D eigenvalue weighted by Gasteiger charge is 2.05. The zero-order valence-electron chi connectivity index (χ0n) is 12.0. The van der Waals surface area contributed by atoms with Crippen molar-refractivity contribution in [1.82, 2.24) is 5.32 Å². The molecule has 0 aromatic heterocycles. The molecule has 4 heteroatoms. The van der Waals surface area contributed by atoms with E-state index in [1.165, 1.54) is 18.2 Å². The predicted octanol–water partition coefficient (Wildman–Crippen LogP) is 4.04. The summed E-state index contributed by atoms with van der Waals surface area (Å²) in [6.45, 7) is 3.79. The van der Waals surface area contributed by atoms with Crippen LogP contribution in [0.4, 0.5) is 8.78 Å². The fraction of sp³-hybridized carbons (Fsp3) is 0.294. The van der Waals surface area contributed by atoms with Gasteiger partial charge in [0.15, 0.2) is 0 Å². The molecule has 0 heterocycles. The largest absolute Gasteiger partial charge is 0.489 e. The summed E-state index contributed by atoms with van der Waals surface area (Å²) < 4.78 is 32.2. The van der Waals surface area contributed by atoms with Crippen molar-refractivity contribution >= 4 is 0 Å². The number of benzene rings is 2. The lowest BCUT2D eigenvalue weighted by Gasteiger charge is -2.10. The molecule has 2 aromatic carbocycles. The maximum absolute atomic E-state index is 13.8. The summed E-state index contributed by atoms with van der Waals surface area (Å²) >= 11 is 0. The van der Waals surface area contributed by atoms with Gasteiger partial charge in [0.2, 0.25) is 0 Å². The molecule has 0 bridgehead atoms. The Morgan fingerprint density at radius 2 is 1.95 bits per heavy atom. The lowest BCUT2D eigenvalue weighted by atomic mass is 10.1. The van der Waals surface area contributed by atoms with E-state index < -0.39 is 0 Å². The summed E-state index contributed by atoms with van der Waals surface area (Å²) in [6, 6.07) is 10.8. The van der Waals surface area contributed by atoms with E-state index in [-0.39, 0.29) is 18.2 Å². The average Bonchev–Trinajstić information content (AvgIpc) is 2.48. The molecule has 2 aromatic rings. The first-order valence-corrected chi connectivity index (χ1v) is 7.05. The zero-order valence-corrected chi connectivity index (χ0v) is 12.0. The number of ether oxygens (including phenoxy) is 1. The van der Waals surface area contributed by atoms with Gasteiger partial charge >= 0.3 is 0 Å². The molecule has 21 heavy (non-hydrogen) atoms. The molecule has 2 nitrogen and oxygen atoms in total. The first-order chi connectivity index (χ1) is 10.2. The van der Waals surface area contributed by atoms with Crippen LogP contribution in [0.15, 0.2) is 42.5 Å². The van der Waals surface area contributed by atoms with Crippen molar-refractivity contribution in [2.45, 2.75) is 26.5 Å². The standard InChI is InChI=1S/C17H19F2NO/c1-2-8-20-11-13-6-7-17(19)14(9-13)12-21-16-5-3-4-15(18)10-16/h3-7,9-10,20H,2,8,11-12H2,1H3. The number of halogens is 2. The fourth-order valence-corrected chi connectivity index (χ4v) is 1.98. The first kappa shape index (κ1) is 15.4. The Kier molecular flexibility index (Phi) is 5.69. The van der Waals surface area contributed by atoms with Gasteiger partial charge in [0.1, 0.15) is 24.0 Å². The van der Waals surface area contributed by atoms with Crippen molar-refractivity contribution in [1.29, 1.82) is 0 Å². The zero-order chi connectivity index (χ0) is 15.1. The van der Waals surface area contributed by atoms with Crippen LogP contribution in [0.1, 0.15) is 24.5 Å². The maximum Gasteiger partial charge on any atom is 0.129 e. The Labute approximate surface area is 123 Å². The third-order valence-electron chi connectivity index (χ3n) is 3.06. The Morgan fingerprint density at radius 1 is 1.10 bits per heavy atom. The van der Waals surface area contributed by atoms with Gasteiger partial charge in [-0.05, 0) is 42.8 Å².